The zero-order valence-corrected chi connectivity index (χ0v) is 49.9. The molecule has 0 radical (unpaired) electrons. The number of nitrogens with zero attached hydrogens (tertiary/aromatic N) is 5. The average molecular weight is 1170 g/mol. The predicted molar refractivity (Wildman–Crippen MR) is 323 cm³/mol. The number of hydrogen-bond donors (Lipinski definition) is 7. The normalized spacial score (nSPS) is 16.6. The van der Waals surface area contributed by atoms with Crippen LogP contribution < -0.4 is 31.3 Å². The third-order valence-corrected chi connectivity index (χ3v) is 16.2. The Kier molecular flexibility index (Phi) is 23.3. The number of thiazole rings is 1. The van der Waals surface area contributed by atoms with Gasteiger partial charge in [0.2, 0.25) is 17.7 Å². The third-order valence-electron chi connectivity index (χ3n) is 15.2. The molecule has 2 saturated heterocycles. The van der Waals surface area contributed by atoms with Gasteiger partial charge in [-0.2, -0.15) is 0 Å². The highest BCUT2D eigenvalue weighted by Crippen LogP contribution is 2.35. The average Bonchev–Trinajstić information content (AvgIpc) is 3.96. The van der Waals surface area contributed by atoms with Crippen LogP contribution in [-0.2, 0) is 40.7 Å². The first-order valence-corrected chi connectivity index (χ1v) is 30.3. The highest BCUT2D eigenvalue weighted by Gasteiger charge is 2.44. The summed E-state index contributed by atoms with van der Waals surface area (Å²) in [6, 6.07) is 25.2. The van der Waals surface area contributed by atoms with E-state index in [1.54, 1.807) is 23.7 Å². The number of aliphatic hydroxyl groups is 1. The van der Waals surface area contributed by atoms with Crippen molar-refractivity contribution in [1.82, 2.24) is 51.3 Å². The van der Waals surface area contributed by atoms with Crippen LogP contribution in [-0.4, -0.2) is 143 Å². The van der Waals surface area contributed by atoms with Crippen molar-refractivity contribution in [2.75, 3.05) is 71.2 Å². The molecule has 3 aromatic carbocycles. The van der Waals surface area contributed by atoms with E-state index in [4.69, 9.17) is 18.9 Å². The number of likely N-dealkylation sites (tertiary alicyclic amines) is 1. The quantitative estimate of drug-likeness (QED) is 0.0203. The van der Waals surface area contributed by atoms with Crippen LogP contribution in [0.1, 0.15) is 125 Å². The molecular weight excluding hydrogens is 1090 g/mol. The molecule has 0 bridgehead atoms. The molecule has 0 spiro atoms. The highest BCUT2D eigenvalue weighted by atomic mass is 32.1. The van der Waals surface area contributed by atoms with Gasteiger partial charge in [-0.3, -0.25) is 24.2 Å². The topological polar surface area (TPSA) is 256 Å². The number of aromatic amines is 1. The van der Waals surface area contributed by atoms with Gasteiger partial charge in [0.25, 0.3) is 5.91 Å². The van der Waals surface area contributed by atoms with Gasteiger partial charge in [0.1, 0.15) is 17.8 Å². The minimum absolute atomic E-state index is 0.00835. The van der Waals surface area contributed by atoms with E-state index < -0.39 is 35.0 Å². The lowest BCUT2D eigenvalue weighted by atomic mass is 9.85. The van der Waals surface area contributed by atoms with E-state index in [-0.39, 0.29) is 49.7 Å². The van der Waals surface area contributed by atoms with Gasteiger partial charge in [-0.1, -0.05) is 69.7 Å². The Morgan fingerprint density at radius 2 is 1.50 bits per heavy atom. The van der Waals surface area contributed by atoms with Crippen LogP contribution in [0.2, 0.25) is 0 Å². The number of piperidine rings is 1. The summed E-state index contributed by atoms with van der Waals surface area (Å²) in [5.74, 6) is 1.03. The molecule has 4 amide bonds. The first-order valence-electron chi connectivity index (χ1n) is 29.4. The lowest BCUT2D eigenvalue weighted by Gasteiger charge is -2.37. The largest absolute Gasteiger partial charge is 0.494 e. The number of benzene rings is 3. The molecule has 2 aliphatic heterocycles. The second kappa shape index (κ2) is 31.1. The van der Waals surface area contributed by atoms with Crippen LogP contribution in [0.5, 0.6) is 5.75 Å². The van der Waals surface area contributed by atoms with E-state index in [0.717, 1.165) is 102 Å². The van der Waals surface area contributed by atoms with Crippen LogP contribution in [0.25, 0.3) is 21.8 Å². The molecule has 2 fully saturated rings. The number of carbonyl (C=O) groups excluding carboxylic acids is 4. The zero-order valence-electron chi connectivity index (χ0n) is 49.1. The fourth-order valence-corrected chi connectivity index (χ4v) is 11.2. The molecule has 5 heterocycles. The summed E-state index contributed by atoms with van der Waals surface area (Å²) < 4.78 is 23.1. The number of aromatic nitrogens is 5. The Hall–Kier alpha value is -7.14. The van der Waals surface area contributed by atoms with Crippen molar-refractivity contribution in [3.8, 4) is 27.6 Å². The molecule has 4 atom stereocenters. The number of ether oxygens (including phenoxy) is 4. The molecule has 6 aromatic rings. The van der Waals surface area contributed by atoms with Gasteiger partial charge < -0.3 is 60.5 Å². The highest BCUT2D eigenvalue weighted by molar-refractivity contribution is 7.13. The number of amides is 4. The van der Waals surface area contributed by atoms with Crippen molar-refractivity contribution in [2.45, 2.75) is 129 Å². The molecular formula is C63H83N11O9S. The molecule has 20 nitrogen and oxygen atoms in total. The van der Waals surface area contributed by atoms with E-state index in [9.17, 15) is 24.3 Å². The van der Waals surface area contributed by atoms with Crippen molar-refractivity contribution < 1.29 is 43.2 Å². The Balaban J connectivity index is 0.629. The van der Waals surface area contributed by atoms with Gasteiger partial charge in [0.15, 0.2) is 11.6 Å². The molecule has 21 heteroatoms. The van der Waals surface area contributed by atoms with Crippen molar-refractivity contribution in [3.05, 3.63) is 131 Å². The number of pyridine rings is 1. The number of unbranched alkanes of at least 4 members (excludes halogenated alkanes) is 3. The molecule has 0 unspecified atom stereocenters. The standard InChI is InChI=1S/C63H83N11O9S/c1-43(68-58(77)49-12-10-13-50(38-49)71-63(25-29-65-30-26-63)61-70-57(72-73-61)48-23-27-64-28-24-48)46-19-21-52(22-20-46)83-33-9-7-6-8-31-80-34-36-82-37-35-81-32-11-14-54(76)69-56(62(3,4)5)60(79)74-41-51(75)39-53(74)59(78)66-40-45-15-17-47(18-16-45)55-44(2)67-42-84-55/h10,12-13,15-24,27-28,38,42-43,51,53,56,65,71,75H,6-9,11,14,25-26,29-37,39-41H2,1-5H3,(H,66,78)(H,68,77)(H,69,76)(H,70,72,73)/t43-,51-,53+,56-/m1/s1. The van der Waals surface area contributed by atoms with E-state index in [1.165, 1.54) is 4.90 Å². The van der Waals surface area contributed by atoms with Crippen molar-refractivity contribution in [1.29, 1.82) is 0 Å². The number of H-pyrrole nitrogens is 1. The lowest BCUT2D eigenvalue weighted by Crippen LogP contribution is -2.57. The maximum absolute atomic E-state index is 14.0. The number of aryl methyl sites for hydroxylation is 1. The fraction of sp³-hybridized carbons (Fsp3) is 0.492. The predicted octanol–water partition coefficient (Wildman–Crippen LogP) is 8.06. The summed E-state index contributed by atoms with van der Waals surface area (Å²) in [5.41, 5.74) is 6.88. The minimum atomic E-state index is -0.900. The Morgan fingerprint density at radius 1 is 0.810 bits per heavy atom. The number of carbonyl (C=O) groups is 4. The van der Waals surface area contributed by atoms with Crippen LogP contribution in [0, 0.1) is 12.3 Å². The van der Waals surface area contributed by atoms with Gasteiger partial charge in [0.05, 0.1) is 66.8 Å². The summed E-state index contributed by atoms with van der Waals surface area (Å²) >= 11 is 1.58. The zero-order chi connectivity index (χ0) is 59.3. The number of rotatable bonds is 31. The van der Waals surface area contributed by atoms with Crippen LogP contribution in [0.3, 0.4) is 0 Å². The maximum Gasteiger partial charge on any atom is 0.251 e. The molecule has 2 aliphatic rings. The van der Waals surface area contributed by atoms with E-state index in [0.29, 0.717) is 64.1 Å². The van der Waals surface area contributed by atoms with Crippen LogP contribution in [0.4, 0.5) is 5.69 Å². The van der Waals surface area contributed by atoms with Gasteiger partial charge >= 0.3 is 0 Å². The number of hydrogen-bond acceptors (Lipinski definition) is 16. The molecule has 84 heavy (non-hydrogen) atoms. The second-order valence-corrected chi connectivity index (χ2v) is 23.6. The molecule has 7 N–H and O–H groups in total. The van der Waals surface area contributed by atoms with E-state index in [2.05, 4.69) is 51.7 Å². The number of nitrogens with one attached hydrogen (secondary N) is 6. The summed E-state index contributed by atoms with van der Waals surface area (Å²) in [7, 11) is 0. The first-order chi connectivity index (χ1) is 40.7. The summed E-state index contributed by atoms with van der Waals surface area (Å²) in [4.78, 5) is 68.5. The molecule has 450 valence electrons. The van der Waals surface area contributed by atoms with Gasteiger partial charge in [-0.15, -0.1) is 21.5 Å². The molecule has 0 aliphatic carbocycles. The van der Waals surface area contributed by atoms with Gasteiger partial charge in [-0.05, 0) is 130 Å². The molecule has 3 aromatic heterocycles. The second-order valence-electron chi connectivity index (χ2n) is 22.7. The maximum atomic E-state index is 14.0. The minimum Gasteiger partial charge on any atom is -0.494 e. The monoisotopic (exact) mass is 1170 g/mol. The molecule has 8 rings (SSSR count). The Morgan fingerprint density at radius 3 is 2.19 bits per heavy atom. The summed E-state index contributed by atoms with van der Waals surface area (Å²) in [5, 5.41) is 35.8. The first kappa shape index (κ1) is 62.9. The smallest absolute Gasteiger partial charge is 0.251 e. The van der Waals surface area contributed by atoms with E-state index >= 15 is 0 Å². The molecule has 0 saturated carbocycles. The van der Waals surface area contributed by atoms with Crippen molar-refractivity contribution in [3.63, 3.8) is 0 Å². The van der Waals surface area contributed by atoms with E-state index in [1.807, 2.05) is 125 Å². The van der Waals surface area contributed by atoms with Crippen molar-refractivity contribution >= 4 is 40.7 Å². The summed E-state index contributed by atoms with van der Waals surface area (Å²) in [6.07, 6.45) is 8.85. The number of anilines is 1. The van der Waals surface area contributed by atoms with Gasteiger partial charge in [-0.25, -0.2) is 4.98 Å². The fourth-order valence-electron chi connectivity index (χ4n) is 10.4. The van der Waals surface area contributed by atoms with Crippen LogP contribution >= 0.6 is 11.3 Å². The SMILES string of the molecule is Cc1ncsc1-c1ccc(CNC(=O)[C@@H]2C[C@@H](O)CN2C(=O)[C@@H](NC(=O)CCCOCCOCCOCCCCCCOc2ccc([C@@H](C)NC(=O)c3cccc(NC4(c5nnc(-c6ccncc6)[nH]5)CCNCC4)c3)cc2)C(C)(C)C)cc1. The number of aliphatic hydroxyl groups excluding tert-OH is 1. The van der Waals surface area contributed by atoms with Crippen LogP contribution in [0.15, 0.2) is 103 Å². The Bertz CT molecular complexity index is 3020. The lowest BCUT2D eigenvalue weighted by molar-refractivity contribution is -0.144. The Labute approximate surface area is 497 Å². The summed E-state index contributed by atoms with van der Waals surface area (Å²) in [6.45, 7) is 14.8. The van der Waals surface area contributed by atoms with Gasteiger partial charge in [0, 0.05) is 68.4 Å². The number of β-amino-alcohol motifs (C(OH)–C–C–N with tert-alkyl or cyclic N) is 1. The third kappa shape index (κ3) is 18.2. The van der Waals surface area contributed by atoms with Crippen molar-refractivity contribution in [2.24, 2.45) is 5.41 Å².